The number of nitrogens with one attached hydrogen (secondary N) is 2. The number of carbonyl (C=O) groups is 4. The van der Waals surface area contributed by atoms with E-state index in [4.69, 9.17) is 10.5 Å². The first-order chi connectivity index (χ1) is 16.8. The highest BCUT2D eigenvalue weighted by Crippen LogP contribution is 2.27. The van der Waals surface area contributed by atoms with Crippen LogP contribution in [-0.4, -0.2) is 53.4 Å². The molecule has 2 atom stereocenters. The number of benzene rings is 1. The number of nitrogens with two attached hydrogens (primary N) is 1. The number of carbonyl (C=O) groups excluding carboxylic acids is 4. The molecule has 0 aliphatic carbocycles. The highest BCUT2D eigenvalue weighted by Gasteiger charge is 2.37. The molecule has 1 aromatic rings. The van der Waals surface area contributed by atoms with E-state index in [9.17, 15) is 24.4 Å². The Labute approximate surface area is 213 Å². The lowest BCUT2D eigenvalue weighted by molar-refractivity contribution is -0.142. The lowest BCUT2D eigenvalue weighted by atomic mass is 9.95. The lowest BCUT2D eigenvalue weighted by Gasteiger charge is -2.33. The molecule has 0 saturated carbocycles. The predicted octanol–water partition coefficient (Wildman–Crippen LogP) is 2.77. The van der Waals surface area contributed by atoms with Crippen molar-refractivity contribution in [2.24, 2.45) is 5.73 Å². The van der Waals surface area contributed by atoms with E-state index in [2.05, 4.69) is 10.6 Å². The van der Waals surface area contributed by atoms with Gasteiger partial charge in [-0.2, -0.15) is 5.26 Å². The van der Waals surface area contributed by atoms with E-state index >= 15 is 0 Å². The Bertz CT molecular complexity index is 980. The maximum atomic E-state index is 13.8. The van der Waals surface area contributed by atoms with Crippen LogP contribution < -0.4 is 16.4 Å². The number of rotatable bonds is 12. The normalized spacial score (nSPS) is 12.6. The molecule has 0 aliphatic heterocycles. The Morgan fingerprint density at radius 2 is 1.86 bits per heavy atom. The number of aryl methyl sites for hydroxylation is 2. The summed E-state index contributed by atoms with van der Waals surface area (Å²) in [6.45, 7) is 10.7. The minimum atomic E-state index is -1.24. The van der Waals surface area contributed by atoms with Gasteiger partial charge < -0.3 is 26.0 Å². The van der Waals surface area contributed by atoms with Crippen molar-refractivity contribution in [3.8, 4) is 6.07 Å². The number of nitriles is 1. The Kier molecular flexibility index (Phi) is 11.9. The minimum absolute atomic E-state index is 0.119. The fraction of sp³-hybridized carbons (Fsp3) is 0.577. The number of amides is 4. The van der Waals surface area contributed by atoms with Crippen LogP contribution in [0.3, 0.4) is 0 Å². The zero-order valence-electron chi connectivity index (χ0n) is 22.1. The monoisotopic (exact) mass is 501 g/mol. The van der Waals surface area contributed by atoms with Crippen LogP contribution in [-0.2, 0) is 19.1 Å². The zero-order valence-corrected chi connectivity index (χ0v) is 22.1. The van der Waals surface area contributed by atoms with Crippen LogP contribution in [0.1, 0.15) is 76.1 Å². The van der Waals surface area contributed by atoms with Gasteiger partial charge in [-0.25, -0.2) is 4.79 Å². The Morgan fingerprint density at radius 1 is 1.19 bits per heavy atom. The van der Waals surface area contributed by atoms with Gasteiger partial charge in [0.05, 0.1) is 6.07 Å². The van der Waals surface area contributed by atoms with Crippen molar-refractivity contribution >= 4 is 23.8 Å². The molecule has 2 unspecified atom stereocenters. The Balaban J connectivity index is 3.49. The van der Waals surface area contributed by atoms with E-state index < -0.39 is 48.0 Å². The van der Waals surface area contributed by atoms with Crippen LogP contribution in [0.25, 0.3) is 0 Å². The van der Waals surface area contributed by atoms with E-state index in [1.807, 2.05) is 39.0 Å². The molecule has 36 heavy (non-hydrogen) atoms. The molecule has 1 aromatic carbocycles. The number of nitrogens with zero attached hydrogens (tertiary/aromatic N) is 2. The van der Waals surface area contributed by atoms with Crippen molar-refractivity contribution in [3.05, 3.63) is 34.9 Å². The molecule has 0 aliphatic rings. The Hall–Kier alpha value is -3.61. The third-order valence-electron chi connectivity index (χ3n) is 5.31. The van der Waals surface area contributed by atoms with E-state index in [-0.39, 0.29) is 12.8 Å². The quantitative estimate of drug-likeness (QED) is 0.295. The number of alkyl carbamates (subject to hydrolysis) is 1. The molecule has 0 saturated heterocycles. The van der Waals surface area contributed by atoms with Gasteiger partial charge in [-0.3, -0.25) is 14.4 Å². The average Bonchev–Trinajstić information content (AvgIpc) is 2.77. The molecule has 10 heteroatoms. The molecule has 0 aromatic heterocycles. The molecule has 0 heterocycles. The van der Waals surface area contributed by atoms with Gasteiger partial charge in [0, 0.05) is 13.0 Å². The average molecular weight is 502 g/mol. The van der Waals surface area contributed by atoms with Crippen molar-refractivity contribution in [1.82, 2.24) is 15.5 Å². The third-order valence-corrected chi connectivity index (χ3v) is 5.31. The zero-order chi connectivity index (χ0) is 27.5. The number of hydrogen-bond acceptors (Lipinski definition) is 6. The fourth-order valence-electron chi connectivity index (χ4n) is 3.56. The van der Waals surface area contributed by atoms with Crippen LogP contribution in [0.5, 0.6) is 0 Å². The molecule has 4 N–H and O–H groups in total. The highest BCUT2D eigenvalue weighted by molar-refractivity contribution is 5.92. The van der Waals surface area contributed by atoms with Crippen molar-refractivity contribution < 1.29 is 23.9 Å². The summed E-state index contributed by atoms with van der Waals surface area (Å²) in [5, 5.41) is 14.9. The highest BCUT2D eigenvalue weighted by atomic mass is 16.6. The number of primary amides is 1. The van der Waals surface area contributed by atoms with Gasteiger partial charge in [0.15, 0.2) is 0 Å². The van der Waals surface area contributed by atoms with Gasteiger partial charge in [0.2, 0.25) is 17.7 Å². The van der Waals surface area contributed by atoms with Crippen LogP contribution in [0.2, 0.25) is 0 Å². The van der Waals surface area contributed by atoms with Crippen molar-refractivity contribution in [2.45, 2.75) is 84.9 Å². The van der Waals surface area contributed by atoms with E-state index in [0.717, 1.165) is 28.9 Å². The summed E-state index contributed by atoms with van der Waals surface area (Å²) in [6, 6.07) is 5.13. The van der Waals surface area contributed by atoms with E-state index in [1.54, 1.807) is 26.8 Å². The second-order valence-electron chi connectivity index (χ2n) is 9.74. The molecule has 198 valence electrons. The van der Waals surface area contributed by atoms with E-state index in [1.165, 1.54) is 0 Å². The fourth-order valence-corrected chi connectivity index (χ4v) is 3.56. The van der Waals surface area contributed by atoms with Crippen molar-refractivity contribution in [1.29, 1.82) is 5.26 Å². The van der Waals surface area contributed by atoms with Gasteiger partial charge in [-0.15, -0.1) is 0 Å². The molecular weight excluding hydrogens is 462 g/mol. The third kappa shape index (κ3) is 9.94. The maximum absolute atomic E-state index is 13.8. The molecule has 0 bridgehead atoms. The van der Waals surface area contributed by atoms with Crippen LogP contribution in [0.15, 0.2) is 18.2 Å². The second kappa shape index (κ2) is 14.1. The molecular formula is C26H39N5O5. The van der Waals surface area contributed by atoms with Crippen LogP contribution in [0.4, 0.5) is 4.79 Å². The lowest BCUT2D eigenvalue weighted by Crippen LogP contribution is -2.53. The summed E-state index contributed by atoms with van der Waals surface area (Å²) >= 11 is 0. The predicted molar refractivity (Wildman–Crippen MR) is 135 cm³/mol. The Morgan fingerprint density at radius 3 is 2.42 bits per heavy atom. The first-order valence-electron chi connectivity index (χ1n) is 12.1. The summed E-state index contributed by atoms with van der Waals surface area (Å²) in [5.41, 5.74) is 6.67. The number of hydrogen-bond donors (Lipinski definition) is 3. The molecule has 0 fully saturated rings. The number of unbranched alkanes of at least 4 members (excludes halogenated alkanes) is 1. The summed E-state index contributed by atoms with van der Waals surface area (Å²) in [7, 11) is 0. The largest absolute Gasteiger partial charge is 0.444 e. The topological polar surface area (TPSA) is 155 Å². The maximum Gasteiger partial charge on any atom is 0.408 e. The summed E-state index contributed by atoms with van der Waals surface area (Å²) in [4.78, 5) is 52.2. The van der Waals surface area contributed by atoms with Gasteiger partial charge >= 0.3 is 6.09 Å². The molecule has 0 spiro atoms. The van der Waals surface area contributed by atoms with Crippen molar-refractivity contribution in [3.63, 3.8) is 0 Å². The minimum Gasteiger partial charge on any atom is -0.444 e. The molecule has 4 amide bonds. The summed E-state index contributed by atoms with van der Waals surface area (Å²) in [5.74, 6) is -1.79. The number of ether oxygens (including phenoxy) is 1. The summed E-state index contributed by atoms with van der Waals surface area (Å²) in [6.07, 6.45) is 0.441. The van der Waals surface area contributed by atoms with Gasteiger partial charge in [0.1, 0.15) is 24.2 Å². The molecule has 0 radical (unpaired) electrons. The summed E-state index contributed by atoms with van der Waals surface area (Å²) < 4.78 is 5.28. The first-order valence-corrected chi connectivity index (χ1v) is 12.1. The van der Waals surface area contributed by atoms with E-state index in [0.29, 0.717) is 12.1 Å². The first kappa shape index (κ1) is 30.4. The molecule has 1 rings (SSSR count). The second-order valence-corrected chi connectivity index (χ2v) is 9.74. The van der Waals surface area contributed by atoms with Crippen LogP contribution in [0, 0.1) is 25.2 Å². The van der Waals surface area contributed by atoms with Gasteiger partial charge in [-0.1, -0.05) is 37.1 Å². The van der Waals surface area contributed by atoms with Crippen molar-refractivity contribution in [2.75, 3.05) is 13.1 Å². The van der Waals surface area contributed by atoms with Gasteiger partial charge in [0.25, 0.3) is 0 Å². The van der Waals surface area contributed by atoms with Gasteiger partial charge in [-0.05, 0) is 58.6 Å². The molecule has 10 nitrogen and oxygen atoms in total. The standard InChI is InChI=1S/C26H39N5O5/c1-7-8-14-29-23(33)22(19-16-17(2)9-10-18(19)3)31(15-13-27)24(34)20(11-12-21(28)32)30-25(35)36-26(4,5)6/h9-10,16,20,22H,7-8,11-12,14-15H2,1-6H3,(H2,28,32)(H,29,33)(H,30,35). The smallest absolute Gasteiger partial charge is 0.408 e. The SMILES string of the molecule is CCCCNC(=O)C(c1cc(C)ccc1C)N(CC#N)C(=O)C(CCC(N)=O)NC(=O)OC(C)(C)C. The van der Waals surface area contributed by atoms with Crippen LogP contribution >= 0.6 is 0 Å².